The van der Waals surface area contributed by atoms with Crippen LogP contribution in [-0.4, -0.2) is 15.2 Å². The molecule has 0 aliphatic rings. The predicted octanol–water partition coefficient (Wildman–Crippen LogP) is 3.07. The van der Waals surface area contributed by atoms with Crippen LogP contribution in [0.25, 0.3) is 11.3 Å². The Morgan fingerprint density at radius 3 is 2.38 bits per heavy atom. The summed E-state index contributed by atoms with van der Waals surface area (Å²) >= 11 is 0. The van der Waals surface area contributed by atoms with Crippen LogP contribution in [0.4, 0.5) is 0 Å². The molecule has 0 radical (unpaired) electrons. The molecule has 0 saturated carbocycles. The van der Waals surface area contributed by atoms with E-state index in [-0.39, 0.29) is 0 Å². The number of benzene rings is 1. The molecule has 3 aromatic rings. The summed E-state index contributed by atoms with van der Waals surface area (Å²) in [7, 11) is 0. The summed E-state index contributed by atoms with van der Waals surface area (Å²) in [5.41, 5.74) is 5.71. The van der Waals surface area contributed by atoms with Crippen LogP contribution in [0, 0.1) is 6.92 Å². The Morgan fingerprint density at radius 2 is 1.71 bits per heavy atom. The number of pyridine rings is 1. The molecule has 0 aliphatic carbocycles. The van der Waals surface area contributed by atoms with Gasteiger partial charge < -0.3 is 5.32 Å². The highest BCUT2D eigenvalue weighted by atomic mass is 15.1. The van der Waals surface area contributed by atoms with Crippen LogP contribution in [0.1, 0.15) is 16.8 Å². The van der Waals surface area contributed by atoms with Crippen molar-refractivity contribution in [3.05, 3.63) is 71.7 Å². The van der Waals surface area contributed by atoms with Crippen molar-refractivity contribution in [2.45, 2.75) is 20.0 Å². The molecule has 0 saturated heterocycles. The van der Waals surface area contributed by atoms with Crippen LogP contribution in [-0.2, 0) is 13.1 Å². The van der Waals surface area contributed by atoms with E-state index in [0.29, 0.717) is 0 Å². The molecule has 2 N–H and O–H groups in total. The van der Waals surface area contributed by atoms with Crippen LogP contribution in [0.5, 0.6) is 0 Å². The molecule has 0 spiro atoms. The van der Waals surface area contributed by atoms with Gasteiger partial charge in [0.25, 0.3) is 0 Å². The van der Waals surface area contributed by atoms with Gasteiger partial charge in [-0.2, -0.15) is 5.10 Å². The lowest BCUT2D eigenvalue weighted by molar-refractivity contribution is 0.691. The number of aryl methyl sites for hydroxylation is 1. The van der Waals surface area contributed by atoms with Crippen LogP contribution < -0.4 is 5.32 Å². The molecule has 0 bridgehead atoms. The number of aromatic amines is 1. The highest BCUT2D eigenvalue weighted by Crippen LogP contribution is 2.16. The van der Waals surface area contributed by atoms with Gasteiger partial charge in [-0.05, 0) is 35.7 Å². The number of hydrogen-bond donors (Lipinski definition) is 2. The fourth-order valence-corrected chi connectivity index (χ4v) is 2.17. The minimum atomic E-state index is 0.829. The molecular formula is C17H18N4. The van der Waals surface area contributed by atoms with E-state index in [1.807, 2.05) is 25.3 Å². The first-order valence-electron chi connectivity index (χ1n) is 7.02. The van der Waals surface area contributed by atoms with Gasteiger partial charge in [0.05, 0.1) is 5.69 Å². The van der Waals surface area contributed by atoms with E-state index >= 15 is 0 Å². The Bertz CT molecular complexity index is 670. The predicted molar refractivity (Wildman–Crippen MR) is 83.5 cm³/mol. The van der Waals surface area contributed by atoms with E-state index in [0.717, 1.165) is 30.0 Å². The van der Waals surface area contributed by atoms with E-state index in [4.69, 9.17) is 0 Å². The molecule has 0 unspecified atom stereocenters. The summed E-state index contributed by atoms with van der Waals surface area (Å²) in [5.74, 6) is 0. The summed E-state index contributed by atoms with van der Waals surface area (Å²) in [6.07, 6.45) is 3.68. The van der Waals surface area contributed by atoms with Crippen molar-refractivity contribution < 1.29 is 0 Å². The van der Waals surface area contributed by atoms with E-state index < -0.39 is 0 Å². The molecule has 0 atom stereocenters. The molecule has 3 rings (SSSR count). The third-order valence-corrected chi connectivity index (χ3v) is 3.40. The molecular weight excluding hydrogens is 260 g/mol. The average Bonchev–Trinajstić information content (AvgIpc) is 3.04. The standard InChI is InChI=1S/C17H18N4/c1-13-2-3-15(12-19-13)11-18-10-14-4-6-16(7-5-14)17-8-9-20-21-17/h2-9,12,18H,10-11H2,1H3,(H,20,21). The van der Waals surface area contributed by atoms with Crippen molar-refractivity contribution in [1.29, 1.82) is 0 Å². The Balaban J connectivity index is 1.55. The largest absolute Gasteiger partial charge is 0.309 e. The summed E-state index contributed by atoms with van der Waals surface area (Å²) in [6, 6.07) is 14.6. The summed E-state index contributed by atoms with van der Waals surface area (Å²) in [6.45, 7) is 3.67. The first-order valence-corrected chi connectivity index (χ1v) is 7.02. The first kappa shape index (κ1) is 13.5. The second-order valence-corrected chi connectivity index (χ2v) is 5.08. The second kappa shape index (κ2) is 6.33. The second-order valence-electron chi connectivity index (χ2n) is 5.08. The SMILES string of the molecule is Cc1ccc(CNCc2ccc(-c3ccn[nH]3)cc2)cn1. The molecule has 2 heterocycles. The molecule has 4 nitrogen and oxygen atoms in total. The maximum atomic E-state index is 4.30. The molecule has 4 heteroatoms. The smallest absolute Gasteiger partial charge is 0.0650 e. The van der Waals surface area contributed by atoms with Crippen LogP contribution in [0.2, 0.25) is 0 Å². The van der Waals surface area contributed by atoms with Gasteiger partial charge in [0.1, 0.15) is 0 Å². The molecule has 21 heavy (non-hydrogen) atoms. The van der Waals surface area contributed by atoms with Gasteiger partial charge in [0.2, 0.25) is 0 Å². The van der Waals surface area contributed by atoms with Gasteiger partial charge in [-0.3, -0.25) is 10.1 Å². The average molecular weight is 278 g/mol. The zero-order valence-electron chi connectivity index (χ0n) is 12.0. The lowest BCUT2D eigenvalue weighted by Crippen LogP contribution is -2.12. The number of rotatable bonds is 5. The van der Waals surface area contributed by atoms with Gasteiger partial charge in [-0.25, -0.2) is 0 Å². The Morgan fingerprint density at radius 1 is 0.952 bits per heavy atom. The number of H-pyrrole nitrogens is 1. The third kappa shape index (κ3) is 3.55. The van der Waals surface area contributed by atoms with Crippen molar-refractivity contribution in [2.24, 2.45) is 0 Å². The number of aromatic nitrogens is 3. The summed E-state index contributed by atoms with van der Waals surface area (Å²) in [5, 5.41) is 10.4. The van der Waals surface area contributed by atoms with E-state index in [1.165, 1.54) is 11.1 Å². The van der Waals surface area contributed by atoms with Crippen LogP contribution in [0.3, 0.4) is 0 Å². The van der Waals surface area contributed by atoms with Crippen molar-refractivity contribution in [1.82, 2.24) is 20.5 Å². The molecule has 0 fully saturated rings. The molecule has 2 aromatic heterocycles. The zero-order chi connectivity index (χ0) is 14.5. The highest BCUT2D eigenvalue weighted by molar-refractivity contribution is 5.58. The minimum Gasteiger partial charge on any atom is -0.309 e. The molecule has 0 amide bonds. The van der Waals surface area contributed by atoms with Crippen molar-refractivity contribution in [3.63, 3.8) is 0 Å². The Kier molecular flexibility index (Phi) is 4.07. The van der Waals surface area contributed by atoms with Gasteiger partial charge in [0.15, 0.2) is 0 Å². The zero-order valence-corrected chi connectivity index (χ0v) is 12.0. The van der Waals surface area contributed by atoms with Gasteiger partial charge >= 0.3 is 0 Å². The maximum Gasteiger partial charge on any atom is 0.0650 e. The number of nitrogens with one attached hydrogen (secondary N) is 2. The van der Waals surface area contributed by atoms with Crippen molar-refractivity contribution in [2.75, 3.05) is 0 Å². The molecule has 106 valence electrons. The normalized spacial score (nSPS) is 10.7. The topological polar surface area (TPSA) is 53.6 Å². The van der Waals surface area contributed by atoms with E-state index in [2.05, 4.69) is 50.8 Å². The highest BCUT2D eigenvalue weighted by Gasteiger charge is 1.99. The number of nitrogens with zero attached hydrogens (tertiary/aromatic N) is 2. The third-order valence-electron chi connectivity index (χ3n) is 3.40. The van der Waals surface area contributed by atoms with E-state index in [9.17, 15) is 0 Å². The first-order chi connectivity index (χ1) is 10.3. The fourth-order valence-electron chi connectivity index (χ4n) is 2.17. The van der Waals surface area contributed by atoms with E-state index in [1.54, 1.807) is 6.20 Å². The van der Waals surface area contributed by atoms with Gasteiger partial charge in [0, 0.05) is 31.2 Å². The van der Waals surface area contributed by atoms with Crippen molar-refractivity contribution in [3.8, 4) is 11.3 Å². The van der Waals surface area contributed by atoms with Crippen LogP contribution in [0.15, 0.2) is 54.9 Å². The lowest BCUT2D eigenvalue weighted by Gasteiger charge is -2.06. The minimum absolute atomic E-state index is 0.829. The summed E-state index contributed by atoms with van der Waals surface area (Å²) in [4.78, 5) is 4.30. The monoisotopic (exact) mass is 278 g/mol. The van der Waals surface area contributed by atoms with Crippen LogP contribution >= 0.6 is 0 Å². The maximum absolute atomic E-state index is 4.30. The Hall–Kier alpha value is -2.46. The Labute approximate surface area is 124 Å². The van der Waals surface area contributed by atoms with Gasteiger partial charge in [-0.15, -0.1) is 0 Å². The van der Waals surface area contributed by atoms with Crippen molar-refractivity contribution >= 4 is 0 Å². The lowest BCUT2D eigenvalue weighted by atomic mass is 10.1. The fraction of sp³-hybridized carbons (Fsp3) is 0.176. The molecule has 0 aliphatic heterocycles. The molecule has 1 aromatic carbocycles. The quantitative estimate of drug-likeness (QED) is 0.754. The van der Waals surface area contributed by atoms with Gasteiger partial charge in [-0.1, -0.05) is 30.3 Å². The number of hydrogen-bond acceptors (Lipinski definition) is 3. The summed E-state index contributed by atoms with van der Waals surface area (Å²) < 4.78 is 0.